The molecule has 0 aliphatic heterocycles. The largest absolute Gasteiger partial charge is 0.354 e. The van der Waals surface area contributed by atoms with Gasteiger partial charge in [-0.2, -0.15) is 0 Å². The van der Waals surface area contributed by atoms with E-state index in [-0.39, 0.29) is 11.8 Å². The maximum absolute atomic E-state index is 13.3. The van der Waals surface area contributed by atoms with E-state index in [9.17, 15) is 9.59 Å². The number of carbonyl (C=O) groups excluding carboxylic acids is 2. The second kappa shape index (κ2) is 13.1. The van der Waals surface area contributed by atoms with Gasteiger partial charge in [0.1, 0.15) is 6.04 Å². The lowest BCUT2D eigenvalue weighted by Gasteiger charge is -2.31. The Morgan fingerprint density at radius 1 is 1.03 bits per heavy atom. The number of benzene rings is 2. The molecule has 0 saturated carbocycles. The minimum Gasteiger partial charge on any atom is -0.354 e. The zero-order valence-electron chi connectivity index (χ0n) is 19.2. The molecule has 174 valence electrons. The SMILES string of the molecule is CCC(C(=O)NCC(C)C)N(Cc1ccc(Cl)c(Cl)c1)C(=O)CSCc1ccc(C)cc1. The van der Waals surface area contributed by atoms with Gasteiger partial charge in [0, 0.05) is 18.8 Å². The number of halogens is 2. The minimum absolute atomic E-state index is 0.0697. The highest BCUT2D eigenvalue weighted by atomic mass is 35.5. The van der Waals surface area contributed by atoms with Crippen molar-refractivity contribution in [1.82, 2.24) is 10.2 Å². The number of nitrogens with zero attached hydrogens (tertiary/aromatic N) is 1. The number of thioether (sulfide) groups is 1. The van der Waals surface area contributed by atoms with Gasteiger partial charge in [0.2, 0.25) is 11.8 Å². The van der Waals surface area contributed by atoms with Crippen molar-refractivity contribution in [2.75, 3.05) is 12.3 Å². The fourth-order valence-electron chi connectivity index (χ4n) is 3.20. The van der Waals surface area contributed by atoms with Crippen molar-refractivity contribution in [2.45, 2.75) is 52.5 Å². The summed E-state index contributed by atoms with van der Waals surface area (Å²) in [5, 5.41) is 3.87. The zero-order valence-corrected chi connectivity index (χ0v) is 21.5. The summed E-state index contributed by atoms with van der Waals surface area (Å²) in [6.45, 7) is 8.94. The Morgan fingerprint density at radius 2 is 1.69 bits per heavy atom. The van der Waals surface area contributed by atoms with Crippen LogP contribution >= 0.6 is 35.0 Å². The highest BCUT2D eigenvalue weighted by Crippen LogP contribution is 2.24. The van der Waals surface area contributed by atoms with Gasteiger partial charge in [-0.3, -0.25) is 9.59 Å². The molecular formula is C25H32Cl2N2O2S. The van der Waals surface area contributed by atoms with E-state index in [4.69, 9.17) is 23.2 Å². The van der Waals surface area contributed by atoms with Crippen LogP contribution in [0.2, 0.25) is 10.0 Å². The Kier molecular flexibility index (Phi) is 10.9. The van der Waals surface area contributed by atoms with E-state index >= 15 is 0 Å². The maximum Gasteiger partial charge on any atom is 0.242 e. The van der Waals surface area contributed by atoms with Crippen molar-refractivity contribution >= 4 is 46.8 Å². The smallest absolute Gasteiger partial charge is 0.242 e. The molecular weight excluding hydrogens is 463 g/mol. The summed E-state index contributed by atoms with van der Waals surface area (Å²) in [7, 11) is 0. The maximum atomic E-state index is 13.3. The lowest BCUT2D eigenvalue weighted by molar-refractivity contribution is -0.139. The van der Waals surface area contributed by atoms with Gasteiger partial charge in [-0.25, -0.2) is 0 Å². The normalized spacial score (nSPS) is 12.0. The molecule has 2 amide bonds. The van der Waals surface area contributed by atoms with Crippen LogP contribution in [0.3, 0.4) is 0 Å². The molecule has 0 heterocycles. The lowest BCUT2D eigenvalue weighted by atomic mass is 10.1. The molecule has 2 aromatic carbocycles. The summed E-state index contributed by atoms with van der Waals surface area (Å²) in [4.78, 5) is 27.8. The van der Waals surface area contributed by atoms with E-state index in [2.05, 4.69) is 36.5 Å². The molecule has 7 heteroatoms. The van der Waals surface area contributed by atoms with Crippen LogP contribution in [-0.4, -0.2) is 35.1 Å². The van der Waals surface area contributed by atoms with Gasteiger partial charge < -0.3 is 10.2 Å². The average molecular weight is 496 g/mol. The van der Waals surface area contributed by atoms with Gasteiger partial charge in [0.05, 0.1) is 15.8 Å². The molecule has 0 radical (unpaired) electrons. The first-order chi connectivity index (χ1) is 15.2. The molecule has 2 rings (SSSR count). The predicted octanol–water partition coefficient (Wildman–Crippen LogP) is 6.11. The Bertz CT molecular complexity index is 903. The first kappa shape index (κ1) is 26.6. The number of hydrogen-bond donors (Lipinski definition) is 1. The summed E-state index contributed by atoms with van der Waals surface area (Å²) >= 11 is 13.8. The van der Waals surface area contributed by atoms with Crippen molar-refractivity contribution in [3.8, 4) is 0 Å². The average Bonchev–Trinajstić information content (AvgIpc) is 2.75. The van der Waals surface area contributed by atoms with Crippen molar-refractivity contribution in [2.24, 2.45) is 5.92 Å². The molecule has 0 saturated heterocycles. The third-order valence-corrected chi connectivity index (χ3v) is 6.75. The highest BCUT2D eigenvalue weighted by Gasteiger charge is 2.28. The van der Waals surface area contributed by atoms with Crippen LogP contribution in [0, 0.1) is 12.8 Å². The second-order valence-corrected chi connectivity index (χ2v) is 10.1. The van der Waals surface area contributed by atoms with Gasteiger partial charge in [-0.05, 0) is 42.5 Å². The monoisotopic (exact) mass is 494 g/mol. The quantitative estimate of drug-likeness (QED) is 0.409. The molecule has 1 atom stereocenters. The van der Waals surface area contributed by atoms with Crippen molar-refractivity contribution in [3.63, 3.8) is 0 Å². The van der Waals surface area contributed by atoms with Gasteiger partial charge in [0.15, 0.2) is 0 Å². The summed E-state index contributed by atoms with van der Waals surface area (Å²) in [5.74, 6) is 1.17. The van der Waals surface area contributed by atoms with Crippen LogP contribution in [0.4, 0.5) is 0 Å². The number of nitrogens with one attached hydrogen (secondary N) is 1. The fourth-order valence-corrected chi connectivity index (χ4v) is 4.39. The molecule has 0 aromatic heterocycles. The van der Waals surface area contributed by atoms with Crippen LogP contribution in [0.1, 0.15) is 43.9 Å². The van der Waals surface area contributed by atoms with Crippen molar-refractivity contribution in [3.05, 3.63) is 69.2 Å². The Hall–Kier alpha value is -1.69. The number of carbonyl (C=O) groups is 2. The number of aryl methyl sites for hydroxylation is 1. The number of hydrogen-bond acceptors (Lipinski definition) is 3. The van der Waals surface area contributed by atoms with Gasteiger partial charge in [-0.15, -0.1) is 11.8 Å². The van der Waals surface area contributed by atoms with Crippen molar-refractivity contribution in [1.29, 1.82) is 0 Å². The van der Waals surface area contributed by atoms with Crippen LogP contribution < -0.4 is 5.32 Å². The van der Waals surface area contributed by atoms with Crippen LogP contribution in [-0.2, 0) is 21.9 Å². The summed E-state index contributed by atoms with van der Waals surface area (Å²) < 4.78 is 0. The third kappa shape index (κ3) is 8.34. The first-order valence-electron chi connectivity index (χ1n) is 10.9. The summed E-state index contributed by atoms with van der Waals surface area (Å²) in [5.41, 5.74) is 3.22. The van der Waals surface area contributed by atoms with E-state index < -0.39 is 6.04 Å². The molecule has 2 aromatic rings. The Morgan fingerprint density at radius 3 is 2.28 bits per heavy atom. The molecule has 1 N–H and O–H groups in total. The molecule has 0 spiro atoms. The topological polar surface area (TPSA) is 49.4 Å². The predicted molar refractivity (Wildman–Crippen MR) is 136 cm³/mol. The van der Waals surface area contributed by atoms with Crippen LogP contribution in [0.25, 0.3) is 0 Å². The molecule has 32 heavy (non-hydrogen) atoms. The summed E-state index contributed by atoms with van der Waals surface area (Å²) in [6.07, 6.45) is 0.527. The first-order valence-corrected chi connectivity index (χ1v) is 12.8. The van der Waals surface area contributed by atoms with Crippen molar-refractivity contribution < 1.29 is 9.59 Å². The van der Waals surface area contributed by atoms with E-state index in [1.54, 1.807) is 28.8 Å². The summed E-state index contributed by atoms with van der Waals surface area (Å²) in [6, 6.07) is 13.1. The number of amides is 2. The molecule has 0 bridgehead atoms. The van der Waals surface area contributed by atoms with Crippen LogP contribution in [0.5, 0.6) is 0 Å². The van der Waals surface area contributed by atoms with Gasteiger partial charge in [0.25, 0.3) is 0 Å². The Labute approximate surface area is 206 Å². The zero-order chi connectivity index (χ0) is 23.7. The lowest BCUT2D eigenvalue weighted by Crippen LogP contribution is -2.50. The fraction of sp³-hybridized carbons (Fsp3) is 0.440. The second-order valence-electron chi connectivity index (χ2n) is 8.31. The molecule has 4 nitrogen and oxygen atoms in total. The van der Waals surface area contributed by atoms with E-state index in [1.165, 1.54) is 11.1 Å². The van der Waals surface area contributed by atoms with E-state index in [0.717, 1.165) is 11.3 Å². The molecule has 1 unspecified atom stereocenters. The van der Waals surface area contributed by atoms with Gasteiger partial charge in [-0.1, -0.05) is 79.9 Å². The van der Waals surface area contributed by atoms with E-state index in [1.807, 2.05) is 26.8 Å². The minimum atomic E-state index is -0.546. The highest BCUT2D eigenvalue weighted by molar-refractivity contribution is 7.99. The molecule has 0 aliphatic carbocycles. The number of rotatable bonds is 11. The molecule has 0 aliphatic rings. The van der Waals surface area contributed by atoms with E-state index in [0.29, 0.717) is 41.2 Å². The molecule has 0 fully saturated rings. The standard InChI is InChI=1S/C25H32Cl2N2O2S/c1-5-23(25(31)28-13-17(2)3)29(14-20-10-11-21(26)22(27)12-20)24(30)16-32-15-19-8-6-18(4)7-9-19/h6-12,17,23H,5,13-16H2,1-4H3,(H,28,31). The van der Waals surface area contributed by atoms with Gasteiger partial charge >= 0.3 is 0 Å². The Balaban J connectivity index is 2.14. The third-order valence-electron chi connectivity index (χ3n) is 5.02. The van der Waals surface area contributed by atoms with Crippen LogP contribution in [0.15, 0.2) is 42.5 Å².